The van der Waals surface area contributed by atoms with Crippen molar-refractivity contribution in [3.05, 3.63) is 35.6 Å². The van der Waals surface area contributed by atoms with Crippen LogP contribution in [0.2, 0.25) is 0 Å². The summed E-state index contributed by atoms with van der Waals surface area (Å²) in [6, 6.07) is 8.36. The molecule has 2 nitrogen and oxygen atoms in total. The predicted octanol–water partition coefficient (Wildman–Crippen LogP) is 3.64. The molecular weight excluding hydrogens is 230 g/mol. The highest BCUT2D eigenvalue weighted by molar-refractivity contribution is 8.00. The van der Waals surface area contributed by atoms with E-state index >= 15 is 0 Å². The van der Waals surface area contributed by atoms with Gasteiger partial charge in [-0.2, -0.15) is 11.8 Å². The van der Waals surface area contributed by atoms with Crippen molar-refractivity contribution >= 4 is 22.7 Å². The molecule has 2 aromatic rings. The van der Waals surface area contributed by atoms with Gasteiger partial charge in [0.15, 0.2) is 0 Å². The van der Waals surface area contributed by atoms with E-state index in [1.54, 1.807) is 0 Å². The van der Waals surface area contributed by atoms with Crippen LogP contribution in [0.15, 0.2) is 28.7 Å². The molecule has 17 heavy (non-hydrogen) atoms. The van der Waals surface area contributed by atoms with E-state index in [9.17, 15) is 0 Å². The molecular formula is C14H17NOS. The first kappa shape index (κ1) is 11.2. The highest BCUT2D eigenvalue weighted by atomic mass is 32.2. The van der Waals surface area contributed by atoms with Gasteiger partial charge in [-0.05, 0) is 37.1 Å². The molecule has 1 fully saturated rings. The van der Waals surface area contributed by atoms with E-state index in [2.05, 4.69) is 31.2 Å². The number of hydrogen-bond acceptors (Lipinski definition) is 3. The Labute approximate surface area is 106 Å². The lowest BCUT2D eigenvalue weighted by atomic mass is 10.1. The average Bonchev–Trinajstić information content (AvgIpc) is 2.98. The van der Waals surface area contributed by atoms with E-state index in [0.717, 1.165) is 11.3 Å². The smallest absolute Gasteiger partial charge is 0.137 e. The summed E-state index contributed by atoms with van der Waals surface area (Å²) >= 11 is 1.97. The summed E-state index contributed by atoms with van der Waals surface area (Å²) in [5, 5.41) is 1.69. The van der Waals surface area contributed by atoms with Crippen molar-refractivity contribution in [1.82, 2.24) is 0 Å². The van der Waals surface area contributed by atoms with Gasteiger partial charge in [0.1, 0.15) is 11.3 Å². The standard InChI is InChI=1S/C14H17NOS/c1-9-4-2-5-10-8-11(16-14(9)10)13(15)12-6-3-7-17-12/h2,4-5,8,12-13H,3,6-7,15H2,1H3. The van der Waals surface area contributed by atoms with E-state index in [0.29, 0.717) is 5.25 Å². The molecule has 0 aliphatic carbocycles. The Kier molecular flexibility index (Phi) is 2.89. The number of furan rings is 1. The number of para-hydroxylation sites is 1. The minimum atomic E-state index is 0.0364. The fourth-order valence-corrected chi connectivity index (χ4v) is 3.77. The lowest BCUT2D eigenvalue weighted by molar-refractivity contribution is 0.480. The van der Waals surface area contributed by atoms with Gasteiger partial charge in [0.25, 0.3) is 0 Å². The van der Waals surface area contributed by atoms with E-state index in [-0.39, 0.29) is 6.04 Å². The van der Waals surface area contributed by atoms with Gasteiger partial charge in [-0.15, -0.1) is 0 Å². The Balaban J connectivity index is 1.97. The van der Waals surface area contributed by atoms with Crippen molar-refractivity contribution in [1.29, 1.82) is 0 Å². The van der Waals surface area contributed by atoms with Crippen LogP contribution in [0.5, 0.6) is 0 Å². The van der Waals surface area contributed by atoms with Crippen LogP contribution >= 0.6 is 11.8 Å². The summed E-state index contributed by atoms with van der Waals surface area (Å²) in [5.41, 5.74) is 8.47. The normalized spacial score (nSPS) is 22.1. The number of nitrogens with two attached hydrogens (primary N) is 1. The molecule has 1 aromatic carbocycles. The highest BCUT2D eigenvalue weighted by Crippen LogP contribution is 2.36. The van der Waals surface area contributed by atoms with Gasteiger partial charge >= 0.3 is 0 Å². The van der Waals surface area contributed by atoms with Gasteiger partial charge in [-0.3, -0.25) is 0 Å². The number of aryl methyl sites for hydroxylation is 1. The predicted molar refractivity (Wildman–Crippen MR) is 73.4 cm³/mol. The Morgan fingerprint density at radius 3 is 3.06 bits per heavy atom. The number of rotatable bonds is 2. The first-order valence-corrected chi connectivity index (χ1v) is 7.17. The molecule has 90 valence electrons. The van der Waals surface area contributed by atoms with Gasteiger partial charge < -0.3 is 10.2 Å². The van der Waals surface area contributed by atoms with Gasteiger partial charge in [-0.25, -0.2) is 0 Å². The molecule has 0 bridgehead atoms. The van der Waals surface area contributed by atoms with Crippen LogP contribution in [0, 0.1) is 6.92 Å². The van der Waals surface area contributed by atoms with Crippen molar-refractivity contribution < 1.29 is 4.42 Å². The third-order valence-electron chi connectivity index (χ3n) is 3.45. The molecule has 3 heteroatoms. The molecule has 2 atom stereocenters. The van der Waals surface area contributed by atoms with Crippen LogP contribution in [0.25, 0.3) is 11.0 Å². The zero-order chi connectivity index (χ0) is 11.8. The van der Waals surface area contributed by atoms with Crippen LogP contribution in [-0.2, 0) is 0 Å². The molecule has 3 rings (SSSR count). The zero-order valence-corrected chi connectivity index (χ0v) is 10.8. The second kappa shape index (κ2) is 4.39. The van der Waals surface area contributed by atoms with Crippen LogP contribution in [0.3, 0.4) is 0 Å². The van der Waals surface area contributed by atoms with Gasteiger partial charge in [-0.1, -0.05) is 18.2 Å². The minimum absolute atomic E-state index is 0.0364. The van der Waals surface area contributed by atoms with Gasteiger partial charge in [0.2, 0.25) is 0 Å². The topological polar surface area (TPSA) is 39.2 Å². The SMILES string of the molecule is Cc1cccc2cc(C(N)C3CCCS3)oc12. The largest absolute Gasteiger partial charge is 0.459 e. The van der Waals surface area contributed by atoms with Crippen LogP contribution in [0.1, 0.15) is 30.2 Å². The molecule has 2 heterocycles. The summed E-state index contributed by atoms with van der Waals surface area (Å²) in [4.78, 5) is 0. The van der Waals surface area contributed by atoms with E-state index in [4.69, 9.17) is 10.2 Å². The summed E-state index contributed by atoms with van der Waals surface area (Å²) in [5.74, 6) is 2.17. The monoisotopic (exact) mass is 247 g/mol. The van der Waals surface area contributed by atoms with Crippen molar-refractivity contribution in [2.24, 2.45) is 5.73 Å². The van der Waals surface area contributed by atoms with E-state index in [1.165, 1.54) is 29.5 Å². The number of hydrogen-bond donors (Lipinski definition) is 1. The van der Waals surface area contributed by atoms with Crippen LogP contribution in [0.4, 0.5) is 0 Å². The Morgan fingerprint density at radius 1 is 1.47 bits per heavy atom. The minimum Gasteiger partial charge on any atom is -0.459 e. The third kappa shape index (κ3) is 1.98. The maximum absolute atomic E-state index is 6.30. The van der Waals surface area contributed by atoms with Crippen molar-refractivity contribution in [2.45, 2.75) is 31.1 Å². The number of benzene rings is 1. The van der Waals surface area contributed by atoms with Crippen molar-refractivity contribution in [3.63, 3.8) is 0 Å². The fourth-order valence-electron chi connectivity index (χ4n) is 2.46. The summed E-state index contributed by atoms with van der Waals surface area (Å²) in [6.45, 7) is 2.07. The number of fused-ring (bicyclic) bond motifs is 1. The lowest BCUT2D eigenvalue weighted by Crippen LogP contribution is -2.20. The Morgan fingerprint density at radius 2 is 2.35 bits per heavy atom. The molecule has 2 unspecified atom stereocenters. The molecule has 1 aliphatic heterocycles. The van der Waals surface area contributed by atoms with E-state index < -0.39 is 0 Å². The summed E-state index contributed by atoms with van der Waals surface area (Å²) in [7, 11) is 0. The zero-order valence-electron chi connectivity index (χ0n) is 9.98. The second-order valence-corrected chi connectivity index (χ2v) is 6.07. The Hall–Kier alpha value is -0.930. The van der Waals surface area contributed by atoms with Crippen LogP contribution in [-0.4, -0.2) is 11.0 Å². The summed E-state index contributed by atoms with van der Waals surface area (Å²) in [6.07, 6.45) is 2.49. The Bertz CT molecular complexity index is 528. The van der Waals surface area contributed by atoms with Crippen molar-refractivity contribution in [2.75, 3.05) is 5.75 Å². The molecule has 0 amide bonds. The number of thioether (sulfide) groups is 1. The molecule has 1 aliphatic rings. The molecule has 0 radical (unpaired) electrons. The second-order valence-electron chi connectivity index (χ2n) is 4.72. The quantitative estimate of drug-likeness (QED) is 0.880. The third-order valence-corrected chi connectivity index (χ3v) is 4.94. The first-order valence-electron chi connectivity index (χ1n) is 6.12. The molecule has 1 aromatic heterocycles. The van der Waals surface area contributed by atoms with E-state index in [1.807, 2.05) is 11.8 Å². The van der Waals surface area contributed by atoms with Gasteiger partial charge in [0.05, 0.1) is 6.04 Å². The average molecular weight is 247 g/mol. The summed E-state index contributed by atoms with van der Waals surface area (Å²) < 4.78 is 5.93. The first-order chi connectivity index (χ1) is 8.25. The molecule has 2 N–H and O–H groups in total. The maximum Gasteiger partial charge on any atom is 0.137 e. The molecule has 0 saturated carbocycles. The maximum atomic E-state index is 6.30. The molecule has 0 spiro atoms. The highest BCUT2D eigenvalue weighted by Gasteiger charge is 2.26. The molecule has 1 saturated heterocycles. The fraction of sp³-hybridized carbons (Fsp3) is 0.429. The van der Waals surface area contributed by atoms with Crippen molar-refractivity contribution in [3.8, 4) is 0 Å². The lowest BCUT2D eigenvalue weighted by Gasteiger charge is -2.15. The van der Waals surface area contributed by atoms with Crippen LogP contribution < -0.4 is 5.73 Å². The van der Waals surface area contributed by atoms with Gasteiger partial charge in [0, 0.05) is 10.6 Å².